The molecule has 1 aromatic heterocycles. The number of para-hydroxylation sites is 1. The molecule has 1 atom stereocenters. The van der Waals surface area contributed by atoms with Gasteiger partial charge in [0, 0.05) is 12.2 Å². The lowest BCUT2D eigenvalue weighted by molar-refractivity contribution is -0.113. The third-order valence-electron chi connectivity index (χ3n) is 5.13. The quantitative estimate of drug-likeness (QED) is 0.309. The Kier molecular flexibility index (Phi) is 8.54. The van der Waals surface area contributed by atoms with Gasteiger partial charge in [0.05, 0.1) is 12.9 Å². The van der Waals surface area contributed by atoms with Crippen LogP contribution in [0.5, 0.6) is 11.5 Å². The second kappa shape index (κ2) is 11.6. The van der Waals surface area contributed by atoms with Gasteiger partial charge in [-0.05, 0) is 55.7 Å². The summed E-state index contributed by atoms with van der Waals surface area (Å²) in [6.07, 6.45) is 2.29. The number of nitrogens with one attached hydrogen (secondary N) is 1. The van der Waals surface area contributed by atoms with Crippen LogP contribution in [0, 0.1) is 6.92 Å². The molecule has 0 saturated carbocycles. The Balaban J connectivity index is 1.68. The van der Waals surface area contributed by atoms with Crippen LogP contribution >= 0.6 is 11.8 Å². The summed E-state index contributed by atoms with van der Waals surface area (Å²) in [6, 6.07) is 13.4. The van der Waals surface area contributed by atoms with E-state index in [0.717, 1.165) is 29.0 Å². The van der Waals surface area contributed by atoms with E-state index in [4.69, 9.17) is 9.47 Å². The summed E-state index contributed by atoms with van der Waals surface area (Å²) in [5, 5.41) is 12.3. The first-order valence-corrected chi connectivity index (χ1v) is 11.8. The summed E-state index contributed by atoms with van der Waals surface area (Å²) in [5.74, 6) is 2.27. The van der Waals surface area contributed by atoms with Crippen LogP contribution in [0.4, 0.5) is 5.69 Å². The smallest absolute Gasteiger partial charge is 0.234 e. The van der Waals surface area contributed by atoms with E-state index in [1.165, 1.54) is 11.8 Å². The van der Waals surface area contributed by atoms with Crippen molar-refractivity contribution >= 4 is 23.4 Å². The number of carbonyl (C=O) groups excluding carboxylic acids is 1. The minimum atomic E-state index is -0.340. The van der Waals surface area contributed by atoms with Crippen molar-refractivity contribution in [2.75, 3.05) is 18.2 Å². The molecular formula is C25H30N4O3S. The summed E-state index contributed by atoms with van der Waals surface area (Å²) in [7, 11) is 1.62. The van der Waals surface area contributed by atoms with Crippen LogP contribution < -0.4 is 14.8 Å². The van der Waals surface area contributed by atoms with Gasteiger partial charge in [-0.1, -0.05) is 43.0 Å². The van der Waals surface area contributed by atoms with Crippen molar-refractivity contribution in [3.05, 3.63) is 72.1 Å². The van der Waals surface area contributed by atoms with Crippen LogP contribution in [0.25, 0.3) is 0 Å². The Morgan fingerprint density at radius 1 is 1.21 bits per heavy atom. The van der Waals surface area contributed by atoms with Crippen LogP contribution in [0.1, 0.15) is 36.9 Å². The summed E-state index contributed by atoms with van der Waals surface area (Å²) < 4.78 is 13.2. The van der Waals surface area contributed by atoms with Crippen molar-refractivity contribution in [1.29, 1.82) is 0 Å². The molecule has 33 heavy (non-hydrogen) atoms. The minimum absolute atomic E-state index is 0.0822. The molecule has 1 N–H and O–H groups in total. The third-order valence-corrected chi connectivity index (χ3v) is 6.10. The number of thioether (sulfide) groups is 1. The van der Waals surface area contributed by atoms with E-state index in [9.17, 15) is 4.79 Å². The van der Waals surface area contributed by atoms with Crippen LogP contribution in [0.3, 0.4) is 0 Å². The molecule has 8 heteroatoms. The van der Waals surface area contributed by atoms with E-state index in [2.05, 4.69) is 29.0 Å². The lowest BCUT2D eigenvalue weighted by atomic mass is 10.1. The lowest BCUT2D eigenvalue weighted by Gasteiger charge is -2.16. The van der Waals surface area contributed by atoms with Gasteiger partial charge in [0.1, 0.15) is 11.5 Å². The number of nitrogens with zero attached hydrogens (tertiary/aromatic N) is 3. The lowest BCUT2D eigenvalue weighted by Crippen LogP contribution is -2.17. The number of amides is 1. The molecule has 0 aliphatic rings. The van der Waals surface area contributed by atoms with Gasteiger partial charge in [0.25, 0.3) is 0 Å². The predicted octanol–water partition coefficient (Wildman–Crippen LogP) is 5.21. The zero-order chi connectivity index (χ0) is 23.8. The zero-order valence-corrected chi connectivity index (χ0v) is 20.3. The molecule has 0 aliphatic carbocycles. The maximum absolute atomic E-state index is 12.7. The van der Waals surface area contributed by atoms with E-state index in [1.54, 1.807) is 13.2 Å². The summed E-state index contributed by atoms with van der Waals surface area (Å²) in [5.41, 5.74) is 3.06. The number of ether oxygens (including phenoxy) is 2. The average Bonchev–Trinajstić information content (AvgIpc) is 3.22. The predicted molar refractivity (Wildman–Crippen MR) is 132 cm³/mol. The molecule has 0 aliphatic heterocycles. The Morgan fingerprint density at radius 2 is 1.94 bits per heavy atom. The molecule has 0 saturated heterocycles. The van der Waals surface area contributed by atoms with E-state index in [0.29, 0.717) is 23.3 Å². The fourth-order valence-corrected chi connectivity index (χ4v) is 4.18. The van der Waals surface area contributed by atoms with E-state index in [1.807, 2.05) is 60.9 Å². The number of rotatable bonds is 11. The standard InChI is InChI=1S/C25H30N4O3S/c1-6-15-29-24(18(4)32-21-13-11-20(31-5)12-14-21)27-28-25(29)33-16-22(30)26-23-17(3)9-8-10-19(23)7-2/h6,8-14,18H,1,7,15-16H2,2-5H3,(H,26,30). The average molecular weight is 467 g/mol. The number of allylic oxidation sites excluding steroid dienone is 1. The van der Waals surface area contributed by atoms with Gasteiger partial charge in [-0.15, -0.1) is 16.8 Å². The van der Waals surface area contributed by atoms with Gasteiger partial charge in [-0.3, -0.25) is 9.36 Å². The third kappa shape index (κ3) is 6.16. The minimum Gasteiger partial charge on any atom is -0.497 e. The second-order valence-corrected chi connectivity index (χ2v) is 8.42. The van der Waals surface area contributed by atoms with Gasteiger partial charge >= 0.3 is 0 Å². The SMILES string of the molecule is C=CCn1c(SCC(=O)Nc2c(C)cccc2CC)nnc1C(C)Oc1ccc(OC)cc1. The van der Waals surface area contributed by atoms with Crippen molar-refractivity contribution in [2.45, 2.75) is 45.0 Å². The van der Waals surface area contributed by atoms with Crippen LogP contribution in [0.2, 0.25) is 0 Å². The van der Waals surface area contributed by atoms with E-state index >= 15 is 0 Å². The highest BCUT2D eigenvalue weighted by Gasteiger charge is 2.20. The topological polar surface area (TPSA) is 78.3 Å². The molecule has 0 spiro atoms. The Hall–Kier alpha value is -3.26. The Morgan fingerprint density at radius 3 is 2.61 bits per heavy atom. The molecule has 3 rings (SSSR count). The molecule has 1 unspecified atom stereocenters. The number of carbonyl (C=O) groups is 1. The van der Waals surface area contributed by atoms with Crippen molar-refractivity contribution in [3.63, 3.8) is 0 Å². The van der Waals surface area contributed by atoms with E-state index < -0.39 is 0 Å². The summed E-state index contributed by atoms with van der Waals surface area (Å²) in [6.45, 7) is 10.3. The first-order valence-electron chi connectivity index (χ1n) is 10.8. The van der Waals surface area contributed by atoms with Crippen LogP contribution in [-0.2, 0) is 17.8 Å². The van der Waals surface area contributed by atoms with Crippen molar-refractivity contribution in [3.8, 4) is 11.5 Å². The fourth-order valence-electron chi connectivity index (χ4n) is 3.43. The number of benzene rings is 2. The monoisotopic (exact) mass is 466 g/mol. The number of aryl methyl sites for hydroxylation is 2. The number of aromatic nitrogens is 3. The van der Waals surface area contributed by atoms with Crippen molar-refractivity contribution < 1.29 is 14.3 Å². The molecule has 0 bridgehead atoms. The molecule has 0 radical (unpaired) electrons. The summed E-state index contributed by atoms with van der Waals surface area (Å²) >= 11 is 1.34. The van der Waals surface area contributed by atoms with Crippen LogP contribution in [-0.4, -0.2) is 33.5 Å². The number of anilines is 1. The van der Waals surface area contributed by atoms with Gasteiger partial charge < -0.3 is 14.8 Å². The molecule has 174 valence electrons. The first kappa shape index (κ1) is 24.4. The van der Waals surface area contributed by atoms with Gasteiger partial charge in [-0.2, -0.15) is 0 Å². The van der Waals surface area contributed by atoms with E-state index in [-0.39, 0.29) is 17.8 Å². The molecule has 2 aromatic carbocycles. The fraction of sp³-hybridized carbons (Fsp3) is 0.320. The molecule has 1 amide bonds. The maximum atomic E-state index is 12.7. The van der Waals surface area contributed by atoms with Gasteiger partial charge in [-0.25, -0.2) is 0 Å². The van der Waals surface area contributed by atoms with Gasteiger partial charge in [0.15, 0.2) is 17.1 Å². The molecule has 7 nitrogen and oxygen atoms in total. The largest absolute Gasteiger partial charge is 0.497 e. The zero-order valence-electron chi connectivity index (χ0n) is 19.5. The number of hydrogen-bond acceptors (Lipinski definition) is 6. The molecule has 3 aromatic rings. The highest BCUT2D eigenvalue weighted by molar-refractivity contribution is 7.99. The Bertz CT molecular complexity index is 1100. The normalized spacial score (nSPS) is 11.6. The summed E-state index contributed by atoms with van der Waals surface area (Å²) in [4.78, 5) is 12.7. The number of hydrogen-bond donors (Lipinski definition) is 1. The highest BCUT2D eigenvalue weighted by Crippen LogP contribution is 2.27. The van der Waals surface area contributed by atoms with Gasteiger partial charge in [0.2, 0.25) is 5.91 Å². The Labute approximate surface area is 199 Å². The van der Waals surface area contributed by atoms with Crippen molar-refractivity contribution in [2.24, 2.45) is 0 Å². The first-order chi connectivity index (χ1) is 16.0. The molecule has 1 heterocycles. The second-order valence-electron chi connectivity index (χ2n) is 7.48. The molecular weight excluding hydrogens is 436 g/mol. The number of methoxy groups -OCH3 is 1. The van der Waals surface area contributed by atoms with Crippen molar-refractivity contribution in [1.82, 2.24) is 14.8 Å². The van der Waals surface area contributed by atoms with Crippen LogP contribution in [0.15, 0.2) is 60.3 Å². The molecule has 0 fully saturated rings. The highest BCUT2D eigenvalue weighted by atomic mass is 32.2. The maximum Gasteiger partial charge on any atom is 0.234 e.